The quantitative estimate of drug-likeness (QED) is 0.306. The van der Waals surface area contributed by atoms with Gasteiger partial charge in [-0.1, -0.05) is 6.42 Å². The van der Waals surface area contributed by atoms with Crippen LogP contribution in [0.4, 0.5) is 17.6 Å². The van der Waals surface area contributed by atoms with Crippen LogP contribution in [0.5, 0.6) is 0 Å². The molecular weight excluding hydrogens is 414 g/mol. The van der Waals surface area contributed by atoms with Crippen LogP contribution in [0.15, 0.2) is 0 Å². The number of nitrogens with one attached hydrogen (secondary N) is 5. The average molecular weight is 446 g/mol. The minimum Gasteiger partial charge on any atom is -0.340 e. The molecule has 5 atom stereocenters. The Bertz CT molecular complexity index is 495. The Morgan fingerprint density at radius 3 is 2.38 bits per heavy atom. The second kappa shape index (κ2) is 10.9. The summed E-state index contributed by atoms with van der Waals surface area (Å²) in [6, 6.07) is 0.179. The first-order valence-electron chi connectivity index (χ1n) is 10.5. The van der Waals surface area contributed by atoms with Gasteiger partial charge in [0.25, 0.3) is 0 Å². The minimum absolute atomic E-state index is 0.111. The standard InChI is InChI=1S/C18H32ClF4N5O/c19-12-2-1-3-14(8-12)25-16-26-15(24-9-11-4-6-13(20)7-5-11)27-17(28-16)29-10-18(21,22)23/h11-17,24-28H,1-10H2. The molecule has 1 aliphatic heterocycles. The Morgan fingerprint density at radius 2 is 1.69 bits per heavy atom. The number of hydrogen-bond donors (Lipinski definition) is 5. The molecule has 5 unspecified atom stereocenters. The molecule has 0 spiro atoms. The molecule has 0 aromatic heterocycles. The molecule has 3 rings (SSSR count). The zero-order chi connectivity index (χ0) is 20.9. The van der Waals surface area contributed by atoms with Crippen molar-refractivity contribution in [3.05, 3.63) is 0 Å². The van der Waals surface area contributed by atoms with Crippen LogP contribution >= 0.6 is 11.6 Å². The van der Waals surface area contributed by atoms with Gasteiger partial charge in [0.15, 0.2) is 6.35 Å². The molecule has 0 aromatic rings. The molecule has 5 N–H and O–H groups in total. The van der Waals surface area contributed by atoms with Crippen molar-refractivity contribution in [1.82, 2.24) is 26.6 Å². The fourth-order valence-corrected chi connectivity index (χ4v) is 4.60. The van der Waals surface area contributed by atoms with Gasteiger partial charge in [0, 0.05) is 18.0 Å². The minimum atomic E-state index is -4.40. The third-order valence-electron chi connectivity index (χ3n) is 5.78. The van der Waals surface area contributed by atoms with E-state index in [9.17, 15) is 17.6 Å². The SMILES string of the molecule is FC1CCC(CNC2NC(NC3CCCC(Cl)C3)NC(OCC(F)(F)F)N2)CC1. The lowest BCUT2D eigenvalue weighted by Crippen LogP contribution is -2.76. The van der Waals surface area contributed by atoms with Gasteiger partial charge in [-0.3, -0.25) is 26.6 Å². The van der Waals surface area contributed by atoms with Gasteiger partial charge in [-0.25, -0.2) is 4.39 Å². The van der Waals surface area contributed by atoms with Crippen molar-refractivity contribution in [3.63, 3.8) is 0 Å². The number of rotatable bonds is 7. The van der Waals surface area contributed by atoms with Crippen molar-refractivity contribution < 1.29 is 22.3 Å². The molecule has 170 valence electrons. The van der Waals surface area contributed by atoms with E-state index in [2.05, 4.69) is 26.6 Å². The Balaban J connectivity index is 1.51. The average Bonchev–Trinajstić information content (AvgIpc) is 2.65. The lowest BCUT2D eigenvalue weighted by Gasteiger charge is -2.41. The zero-order valence-electron chi connectivity index (χ0n) is 16.4. The topological polar surface area (TPSA) is 69.4 Å². The summed E-state index contributed by atoms with van der Waals surface area (Å²) >= 11 is 6.25. The van der Waals surface area contributed by atoms with Crippen LogP contribution in [0.2, 0.25) is 0 Å². The number of alkyl halides is 5. The molecular formula is C18H32ClF4N5O. The van der Waals surface area contributed by atoms with Gasteiger partial charge in [0.1, 0.15) is 25.4 Å². The zero-order valence-corrected chi connectivity index (χ0v) is 17.2. The highest BCUT2D eigenvalue weighted by Gasteiger charge is 2.34. The first kappa shape index (κ1) is 23.4. The lowest BCUT2D eigenvalue weighted by atomic mass is 9.88. The summed E-state index contributed by atoms with van der Waals surface area (Å²) in [5.41, 5.74) is 0. The molecule has 0 radical (unpaired) electrons. The van der Waals surface area contributed by atoms with E-state index < -0.39 is 37.9 Å². The normalized spacial score (nSPS) is 39.4. The summed E-state index contributed by atoms with van der Waals surface area (Å²) < 4.78 is 56.0. The van der Waals surface area contributed by atoms with Crippen molar-refractivity contribution >= 4 is 11.6 Å². The van der Waals surface area contributed by atoms with Gasteiger partial charge in [0.2, 0.25) is 0 Å². The number of hydrogen-bond acceptors (Lipinski definition) is 6. The molecule has 0 amide bonds. The largest absolute Gasteiger partial charge is 0.411 e. The van der Waals surface area contributed by atoms with Gasteiger partial charge in [-0.2, -0.15) is 13.2 Å². The fraction of sp³-hybridized carbons (Fsp3) is 1.00. The van der Waals surface area contributed by atoms with Gasteiger partial charge in [-0.05, 0) is 50.9 Å². The molecule has 0 bridgehead atoms. The van der Waals surface area contributed by atoms with Gasteiger partial charge < -0.3 is 4.74 Å². The molecule has 1 heterocycles. The summed E-state index contributed by atoms with van der Waals surface area (Å²) in [4.78, 5) is 0. The van der Waals surface area contributed by atoms with Crippen LogP contribution < -0.4 is 26.6 Å². The van der Waals surface area contributed by atoms with E-state index in [0.717, 1.165) is 38.5 Å². The summed E-state index contributed by atoms with van der Waals surface area (Å²) in [5, 5.41) is 16.0. The number of ether oxygens (including phenoxy) is 1. The van der Waals surface area contributed by atoms with Crippen molar-refractivity contribution in [2.24, 2.45) is 5.92 Å². The molecule has 11 heteroatoms. The Hall–Kier alpha value is -0.230. The summed E-state index contributed by atoms with van der Waals surface area (Å²) in [6.07, 6.45) is -0.402. The highest BCUT2D eigenvalue weighted by Crippen LogP contribution is 2.26. The smallest absolute Gasteiger partial charge is 0.340 e. The van der Waals surface area contributed by atoms with Gasteiger partial charge >= 0.3 is 6.18 Å². The maximum absolute atomic E-state index is 13.3. The van der Waals surface area contributed by atoms with Gasteiger partial charge in [-0.15, -0.1) is 11.6 Å². The van der Waals surface area contributed by atoms with Crippen LogP contribution in [0, 0.1) is 5.92 Å². The molecule has 3 fully saturated rings. The second-order valence-corrected chi connectivity index (χ2v) is 8.94. The van der Waals surface area contributed by atoms with Crippen LogP contribution in [-0.4, -0.2) is 55.8 Å². The van der Waals surface area contributed by atoms with E-state index in [0.29, 0.717) is 25.3 Å². The monoisotopic (exact) mass is 445 g/mol. The van der Waals surface area contributed by atoms with Crippen molar-refractivity contribution in [1.29, 1.82) is 0 Å². The Labute approximate surface area is 174 Å². The first-order valence-corrected chi connectivity index (χ1v) is 10.9. The molecule has 2 aliphatic carbocycles. The molecule has 29 heavy (non-hydrogen) atoms. The van der Waals surface area contributed by atoms with Gasteiger partial charge in [0.05, 0.1) is 0 Å². The summed E-state index contributed by atoms with van der Waals surface area (Å²) in [5.74, 6) is 0.358. The fourth-order valence-electron chi connectivity index (χ4n) is 4.23. The van der Waals surface area contributed by atoms with E-state index >= 15 is 0 Å². The summed E-state index contributed by atoms with van der Waals surface area (Å²) in [7, 11) is 0. The Kier molecular flexibility index (Phi) is 8.79. The third kappa shape index (κ3) is 8.43. The highest BCUT2D eigenvalue weighted by atomic mass is 35.5. The van der Waals surface area contributed by atoms with Crippen molar-refractivity contribution in [3.8, 4) is 0 Å². The van der Waals surface area contributed by atoms with Crippen LogP contribution in [0.1, 0.15) is 51.4 Å². The highest BCUT2D eigenvalue weighted by molar-refractivity contribution is 6.20. The van der Waals surface area contributed by atoms with Crippen molar-refractivity contribution in [2.45, 2.75) is 94.1 Å². The molecule has 2 saturated carbocycles. The lowest BCUT2D eigenvalue weighted by molar-refractivity contribution is -0.199. The van der Waals surface area contributed by atoms with E-state index in [1.54, 1.807) is 0 Å². The van der Waals surface area contributed by atoms with E-state index in [1.165, 1.54) is 0 Å². The third-order valence-corrected chi connectivity index (χ3v) is 6.18. The first-order chi connectivity index (χ1) is 13.8. The van der Waals surface area contributed by atoms with Crippen molar-refractivity contribution in [2.75, 3.05) is 13.2 Å². The number of halogens is 5. The maximum Gasteiger partial charge on any atom is 0.411 e. The Morgan fingerprint density at radius 1 is 0.966 bits per heavy atom. The maximum atomic E-state index is 13.3. The molecule has 0 aromatic carbocycles. The van der Waals surface area contributed by atoms with E-state index in [-0.39, 0.29) is 11.4 Å². The molecule has 1 saturated heterocycles. The van der Waals surface area contributed by atoms with E-state index in [1.807, 2.05) is 0 Å². The van der Waals surface area contributed by atoms with Crippen LogP contribution in [0.3, 0.4) is 0 Å². The summed E-state index contributed by atoms with van der Waals surface area (Å²) in [6.45, 7) is -0.686. The predicted octanol–water partition coefficient (Wildman–Crippen LogP) is 2.46. The predicted molar refractivity (Wildman–Crippen MR) is 103 cm³/mol. The second-order valence-electron chi connectivity index (χ2n) is 8.33. The van der Waals surface area contributed by atoms with Crippen LogP contribution in [-0.2, 0) is 4.74 Å². The van der Waals surface area contributed by atoms with E-state index in [4.69, 9.17) is 16.3 Å². The molecule has 6 nitrogen and oxygen atoms in total. The van der Waals surface area contributed by atoms with Crippen LogP contribution in [0.25, 0.3) is 0 Å². The molecule has 3 aliphatic rings.